The predicted molar refractivity (Wildman–Crippen MR) is 111 cm³/mol. The number of carbonyl (C=O) groups excluding carboxylic acids is 2. The predicted octanol–water partition coefficient (Wildman–Crippen LogP) is 4.50. The van der Waals surface area contributed by atoms with Gasteiger partial charge in [0.1, 0.15) is 0 Å². The highest BCUT2D eigenvalue weighted by Crippen LogP contribution is 2.24. The second-order valence-corrected chi connectivity index (χ2v) is 6.91. The molecule has 3 aromatic carbocycles. The summed E-state index contributed by atoms with van der Waals surface area (Å²) in [6, 6.07) is 24.2. The van der Waals surface area contributed by atoms with Gasteiger partial charge in [0.15, 0.2) is 0 Å². The number of amides is 2. The van der Waals surface area contributed by atoms with Gasteiger partial charge in [0.05, 0.1) is 6.04 Å². The average molecular weight is 393 g/mol. The van der Waals surface area contributed by atoms with E-state index in [-0.39, 0.29) is 17.9 Å². The van der Waals surface area contributed by atoms with Gasteiger partial charge < -0.3 is 10.6 Å². The van der Waals surface area contributed by atoms with Gasteiger partial charge in [-0.3, -0.25) is 9.59 Å². The van der Waals surface area contributed by atoms with E-state index in [2.05, 4.69) is 10.6 Å². The van der Waals surface area contributed by atoms with Gasteiger partial charge in [0, 0.05) is 24.1 Å². The molecule has 0 aliphatic carbocycles. The molecule has 4 nitrogen and oxygen atoms in total. The molecule has 0 saturated heterocycles. The Morgan fingerprint density at radius 1 is 0.857 bits per heavy atom. The molecular formula is C23H21ClN2O2. The number of carbonyl (C=O) groups is 2. The lowest BCUT2D eigenvalue weighted by atomic mass is 9.98. The lowest BCUT2D eigenvalue weighted by Crippen LogP contribution is -2.29. The number of rotatable bonds is 6. The van der Waals surface area contributed by atoms with Crippen molar-refractivity contribution in [2.45, 2.75) is 19.5 Å². The second-order valence-electron chi connectivity index (χ2n) is 6.48. The van der Waals surface area contributed by atoms with Gasteiger partial charge in [-0.1, -0.05) is 66.2 Å². The summed E-state index contributed by atoms with van der Waals surface area (Å²) < 4.78 is 0. The third kappa shape index (κ3) is 5.21. The summed E-state index contributed by atoms with van der Waals surface area (Å²) in [5.74, 6) is -0.259. The molecule has 0 heterocycles. The number of hydrogen-bond donors (Lipinski definition) is 2. The summed E-state index contributed by atoms with van der Waals surface area (Å²) in [4.78, 5) is 23.9. The highest BCUT2D eigenvalue weighted by molar-refractivity contribution is 6.30. The van der Waals surface area contributed by atoms with Crippen molar-refractivity contribution in [3.05, 3.63) is 106 Å². The van der Waals surface area contributed by atoms with Gasteiger partial charge in [-0.15, -0.1) is 0 Å². The maximum Gasteiger partial charge on any atom is 0.252 e. The van der Waals surface area contributed by atoms with Crippen molar-refractivity contribution in [2.24, 2.45) is 0 Å². The van der Waals surface area contributed by atoms with Crippen LogP contribution >= 0.6 is 11.6 Å². The molecule has 0 bridgehead atoms. The van der Waals surface area contributed by atoms with Crippen LogP contribution in [0.2, 0.25) is 5.02 Å². The van der Waals surface area contributed by atoms with Gasteiger partial charge >= 0.3 is 0 Å². The van der Waals surface area contributed by atoms with Crippen molar-refractivity contribution in [3.63, 3.8) is 0 Å². The minimum atomic E-state index is -0.287. The van der Waals surface area contributed by atoms with Crippen molar-refractivity contribution in [3.8, 4) is 0 Å². The first-order chi connectivity index (χ1) is 13.5. The second kappa shape index (κ2) is 9.20. The van der Waals surface area contributed by atoms with E-state index in [1.165, 1.54) is 6.92 Å². The van der Waals surface area contributed by atoms with Crippen LogP contribution < -0.4 is 10.6 Å². The maximum atomic E-state index is 12.8. The minimum Gasteiger partial charge on any atom is -0.352 e. The Balaban J connectivity index is 1.79. The molecule has 3 aromatic rings. The lowest BCUT2D eigenvalue weighted by Gasteiger charge is -2.20. The largest absolute Gasteiger partial charge is 0.352 e. The van der Waals surface area contributed by atoms with Crippen molar-refractivity contribution in [1.29, 1.82) is 0 Å². The highest BCUT2D eigenvalue weighted by atomic mass is 35.5. The molecule has 5 heteroatoms. The Morgan fingerprint density at radius 3 is 2.07 bits per heavy atom. The zero-order chi connectivity index (χ0) is 19.9. The summed E-state index contributed by atoms with van der Waals surface area (Å²) in [6.45, 7) is 1.91. The molecule has 1 atom stereocenters. The Hall–Kier alpha value is -3.11. The summed E-state index contributed by atoms with van der Waals surface area (Å²) in [7, 11) is 0. The number of nitrogens with one attached hydrogen (secondary N) is 2. The van der Waals surface area contributed by atoms with Crippen molar-refractivity contribution < 1.29 is 9.59 Å². The van der Waals surface area contributed by atoms with Crippen molar-refractivity contribution in [1.82, 2.24) is 10.6 Å². The molecule has 0 saturated carbocycles. The van der Waals surface area contributed by atoms with E-state index < -0.39 is 0 Å². The fourth-order valence-corrected chi connectivity index (χ4v) is 3.00. The molecule has 3 rings (SSSR count). The zero-order valence-electron chi connectivity index (χ0n) is 15.5. The summed E-state index contributed by atoms with van der Waals surface area (Å²) in [5.41, 5.74) is 3.43. The molecule has 0 fully saturated rings. The van der Waals surface area contributed by atoms with Crippen LogP contribution in [0.15, 0.2) is 78.9 Å². The summed E-state index contributed by atoms with van der Waals surface area (Å²) in [6.07, 6.45) is 0. The fraction of sp³-hybridized carbons (Fsp3) is 0.130. The SMILES string of the molecule is CC(=O)NCc1ccc(C(=O)NC(c2ccccc2)c2ccc(Cl)cc2)cc1. The van der Waals surface area contributed by atoms with Gasteiger partial charge in [0.2, 0.25) is 5.91 Å². The quantitative estimate of drug-likeness (QED) is 0.649. The molecule has 2 amide bonds. The summed E-state index contributed by atoms with van der Waals surface area (Å²) in [5, 5.41) is 6.49. The van der Waals surface area contributed by atoms with E-state index in [1.54, 1.807) is 12.1 Å². The average Bonchev–Trinajstić information content (AvgIpc) is 2.72. The third-order valence-electron chi connectivity index (χ3n) is 4.37. The summed E-state index contributed by atoms with van der Waals surface area (Å²) >= 11 is 6.01. The monoisotopic (exact) mass is 392 g/mol. The topological polar surface area (TPSA) is 58.2 Å². The van der Waals surface area contributed by atoms with Crippen LogP contribution in [0.4, 0.5) is 0 Å². The third-order valence-corrected chi connectivity index (χ3v) is 4.62. The van der Waals surface area contributed by atoms with E-state index in [0.717, 1.165) is 16.7 Å². The highest BCUT2D eigenvalue weighted by Gasteiger charge is 2.17. The van der Waals surface area contributed by atoms with Crippen LogP contribution in [0.3, 0.4) is 0 Å². The number of hydrogen-bond acceptors (Lipinski definition) is 2. The van der Waals surface area contributed by atoms with E-state index >= 15 is 0 Å². The lowest BCUT2D eigenvalue weighted by molar-refractivity contribution is -0.119. The Bertz CT molecular complexity index is 939. The van der Waals surface area contributed by atoms with E-state index in [9.17, 15) is 9.59 Å². The van der Waals surface area contributed by atoms with Crippen LogP contribution in [-0.4, -0.2) is 11.8 Å². The van der Waals surface area contributed by atoms with Gasteiger partial charge in [-0.2, -0.15) is 0 Å². The van der Waals surface area contributed by atoms with Crippen LogP contribution in [-0.2, 0) is 11.3 Å². The molecule has 2 N–H and O–H groups in total. The number of halogens is 1. The molecule has 0 aliphatic rings. The van der Waals surface area contributed by atoms with Crippen molar-refractivity contribution >= 4 is 23.4 Å². The standard InChI is InChI=1S/C23H21ClN2O2/c1-16(27)25-15-17-7-9-20(10-8-17)23(28)26-22(18-5-3-2-4-6-18)19-11-13-21(24)14-12-19/h2-14,22H,15H2,1H3,(H,25,27)(H,26,28). The molecule has 28 heavy (non-hydrogen) atoms. The van der Waals surface area contributed by atoms with E-state index in [0.29, 0.717) is 17.1 Å². The molecule has 1 unspecified atom stereocenters. The molecule has 0 aliphatic heterocycles. The van der Waals surface area contributed by atoms with E-state index in [4.69, 9.17) is 11.6 Å². The van der Waals surface area contributed by atoms with E-state index in [1.807, 2.05) is 66.7 Å². The smallest absolute Gasteiger partial charge is 0.252 e. The molecule has 142 valence electrons. The molecule has 0 spiro atoms. The number of benzene rings is 3. The Labute approximate surface area is 169 Å². The minimum absolute atomic E-state index is 0.0875. The fourth-order valence-electron chi connectivity index (χ4n) is 2.87. The van der Waals surface area contributed by atoms with Gasteiger partial charge in [0.25, 0.3) is 5.91 Å². The maximum absolute atomic E-state index is 12.8. The van der Waals surface area contributed by atoms with Crippen LogP contribution in [0, 0.1) is 0 Å². The van der Waals surface area contributed by atoms with Crippen LogP contribution in [0.5, 0.6) is 0 Å². The Kier molecular flexibility index (Phi) is 6.45. The zero-order valence-corrected chi connectivity index (χ0v) is 16.2. The normalized spacial score (nSPS) is 11.5. The Morgan fingerprint density at radius 2 is 1.46 bits per heavy atom. The molecular weight excluding hydrogens is 372 g/mol. The van der Waals surface area contributed by atoms with Gasteiger partial charge in [-0.05, 0) is 41.0 Å². The van der Waals surface area contributed by atoms with Gasteiger partial charge in [-0.25, -0.2) is 0 Å². The molecule has 0 radical (unpaired) electrons. The molecule has 0 aromatic heterocycles. The van der Waals surface area contributed by atoms with Crippen LogP contribution in [0.25, 0.3) is 0 Å². The first-order valence-corrected chi connectivity index (χ1v) is 9.35. The first kappa shape index (κ1) is 19.6. The van der Waals surface area contributed by atoms with Crippen LogP contribution in [0.1, 0.15) is 40.0 Å². The first-order valence-electron chi connectivity index (χ1n) is 8.97. The van der Waals surface area contributed by atoms with Crippen molar-refractivity contribution in [2.75, 3.05) is 0 Å².